The summed E-state index contributed by atoms with van der Waals surface area (Å²) in [7, 11) is 0. The molecule has 1 N–H and O–H groups in total. The summed E-state index contributed by atoms with van der Waals surface area (Å²) in [5.74, 6) is 1.25. The van der Waals surface area contributed by atoms with E-state index in [1.807, 2.05) is 42.5 Å². The normalized spacial score (nSPS) is 19.9. The molecule has 3 aromatic carbocycles. The van der Waals surface area contributed by atoms with Gasteiger partial charge < -0.3 is 14.8 Å². The first kappa shape index (κ1) is 29.5. The van der Waals surface area contributed by atoms with Gasteiger partial charge in [0.1, 0.15) is 0 Å². The Bertz CT molecular complexity index is 1230. The number of nitrogens with zero attached hydrogens (tertiary/aromatic N) is 1. The number of Topliss-reactive ketones (excluding diaryl/α,β-unsaturated/α-hetero) is 1. The number of ketones is 1. The van der Waals surface area contributed by atoms with Crippen LogP contribution in [-0.4, -0.2) is 49.1 Å². The van der Waals surface area contributed by atoms with Crippen molar-refractivity contribution in [2.24, 2.45) is 11.8 Å². The van der Waals surface area contributed by atoms with Gasteiger partial charge in [-0.1, -0.05) is 88.4 Å². The van der Waals surface area contributed by atoms with Crippen LogP contribution in [0.4, 0.5) is 5.69 Å². The quantitative estimate of drug-likeness (QED) is 0.230. The molecule has 0 bridgehead atoms. The Kier molecular flexibility index (Phi) is 9.59. The van der Waals surface area contributed by atoms with Crippen molar-refractivity contribution in [1.29, 1.82) is 0 Å². The first-order chi connectivity index (χ1) is 19.9. The minimum Gasteiger partial charge on any atom is -0.378 e. The predicted molar refractivity (Wildman–Crippen MR) is 166 cm³/mol. The number of nitrogens with one attached hydrogen (secondary N) is 1. The van der Waals surface area contributed by atoms with Crippen molar-refractivity contribution in [1.82, 2.24) is 4.90 Å². The number of hydrogen-bond acceptors (Lipinski definition) is 5. The van der Waals surface area contributed by atoms with E-state index in [2.05, 4.69) is 74.3 Å². The third-order valence-corrected chi connectivity index (χ3v) is 9.08. The van der Waals surface area contributed by atoms with Gasteiger partial charge in [-0.2, -0.15) is 0 Å². The van der Waals surface area contributed by atoms with E-state index in [9.17, 15) is 4.79 Å². The predicted octanol–water partition coefficient (Wildman–Crippen LogP) is 7.11. The van der Waals surface area contributed by atoms with Crippen molar-refractivity contribution >= 4 is 11.5 Å². The largest absolute Gasteiger partial charge is 0.378 e. The number of carbonyl (C=O) groups is 1. The number of ether oxygens (including phenoxy) is 2. The van der Waals surface area contributed by atoms with E-state index in [0.717, 1.165) is 46.9 Å². The maximum Gasteiger partial charge on any atom is 0.180 e. The standard InChI is InChI=1S/C36H46N2O3/c1-5-38(21-27-16-17-27)34-26(2)36(3,4)33-20-30(18-19-32(33)35(34)39)37-31(24-40-22-28-12-8-6-9-13-28)25-41-23-29-14-10-7-11-15-29/h6-15,18-20,26-27,31,34,37H,5,16-17,21-25H2,1-4H3/t26-,34-/m0/s1. The van der Waals surface area contributed by atoms with Crippen LogP contribution in [0.15, 0.2) is 78.9 Å². The lowest BCUT2D eigenvalue weighted by atomic mass is 9.63. The van der Waals surface area contributed by atoms with Crippen molar-refractivity contribution in [3.05, 3.63) is 101 Å². The molecule has 218 valence electrons. The lowest BCUT2D eigenvalue weighted by molar-refractivity contribution is 0.0591. The summed E-state index contributed by atoms with van der Waals surface area (Å²) in [6, 6.07) is 26.7. The fraction of sp³-hybridized carbons (Fsp3) is 0.472. The third-order valence-electron chi connectivity index (χ3n) is 9.08. The zero-order valence-electron chi connectivity index (χ0n) is 25.1. The molecule has 0 unspecified atom stereocenters. The minimum atomic E-state index is -0.133. The molecule has 0 aromatic heterocycles. The molecule has 5 rings (SSSR count). The van der Waals surface area contributed by atoms with Gasteiger partial charge in [0.15, 0.2) is 5.78 Å². The van der Waals surface area contributed by atoms with Crippen LogP contribution >= 0.6 is 0 Å². The molecule has 3 aromatic rings. The van der Waals surface area contributed by atoms with Crippen molar-refractivity contribution in [3.63, 3.8) is 0 Å². The summed E-state index contributed by atoms with van der Waals surface area (Å²) in [6.07, 6.45) is 2.60. The first-order valence-electron chi connectivity index (χ1n) is 15.3. The zero-order chi connectivity index (χ0) is 28.8. The average Bonchev–Trinajstić information content (AvgIpc) is 3.81. The molecule has 2 atom stereocenters. The van der Waals surface area contributed by atoms with E-state index in [4.69, 9.17) is 9.47 Å². The number of likely N-dealkylation sites (N-methyl/N-ethyl adjacent to an activating group) is 1. The maximum absolute atomic E-state index is 13.9. The Morgan fingerprint density at radius 3 is 2.02 bits per heavy atom. The Morgan fingerprint density at radius 1 is 0.902 bits per heavy atom. The number of hydrogen-bond donors (Lipinski definition) is 1. The monoisotopic (exact) mass is 554 g/mol. The minimum absolute atomic E-state index is 0.0397. The van der Waals surface area contributed by atoms with Crippen molar-refractivity contribution in [3.8, 4) is 0 Å². The highest BCUT2D eigenvalue weighted by atomic mass is 16.5. The van der Waals surface area contributed by atoms with Gasteiger partial charge in [0.2, 0.25) is 0 Å². The SMILES string of the molecule is CCN(CC1CC1)[C@@H]1C(=O)c2ccc(NC(COCc3ccccc3)COCc3ccccc3)cc2C(C)(C)[C@H]1C. The fourth-order valence-electron chi connectivity index (χ4n) is 6.12. The van der Waals surface area contributed by atoms with Gasteiger partial charge in [0.05, 0.1) is 38.5 Å². The van der Waals surface area contributed by atoms with Crippen LogP contribution < -0.4 is 5.32 Å². The molecule has 2 aliphatic rings. The van der Waals surface area contributed by atoms with E-state index in [1.165, 1.54) is 12.8 Å². The van der Waals surface area contributed by atoms with Crippen LogP contribution in [0.3, 0.4) is 0 Å². The molecule has 1 saturated carbocycles. The van der Waals surface area contributed by atoms with Crippen molar-refractivity contribution in [2.45, 2.75) is 71.2 Å². The Balaban J connectivity index is 1.31. The van der Waals surface area contributed by atoms with Crippen LogP contribution in [0.25, 0.3) is 0 Å². The van der Waals surface area contributed by atoms with E-state index in [0.29, 0.717) is 26.4 Å². The number of benzene rings is 3. The highest BCUT2D eigenvalue weighted by molar-refractivity contribution is 6.03. The summed E-state index contributed by atoms with van der Waals surface area (Å²) >= 11 is 0. The van der Waals surface area contributed by atoms with Gasteiger partial charge >= 0.3 is 0 Å². The molecule has 0 saturated heterocycles. The molecular formula is C36H46N2O3. The Morgan fingerprint density at radius 2 is 1.49 bits per heavy atom. The molecule has 41 heavy (non-hydrogen) atoms. The molecule has 0 heterocycles. The second-order valence-corrected chi connectivity index (χ2v) is 12.5. The molecule has 5 heteroatoms. The van der Waals surface area contributed by atoms with Gasteiger partial charge in [-0.05, 0) is 71.5 Å². The lowest BCUT2D eigenvalue weighted by Gasteiger charge is -2.47. The highest BCUT2D eigenvalue weighted by Gasteiger charge is 2.47. The molecule has 5 nitrogen and oxygen atoms in total. The smallest absolute Gasteiger partial charge is 0.180 e. The molecular weight excluding hydrogens is 508 g/mol. The van der Waals surface area contributed by atoms with Gasteiger partial charge in [0.25, 0.3) is 0 Å². The summed E-state index contributed by atoms with van der Waals surface area (Å²) in [4.78, 5) is 16.3. The lowest BCUT2D eigenvalue weighted by Crippen LogP contribution is -2.55. The maximum atomic E-state index is 13.9. The zero-order valence-corrected chi connectivity index (χ0v) is 25.1. The number of anilines is 1. The van der Waals surface area contributed by atoms with Crippen molar-refractivity contribution in [2.75, 3.05) is 31.6 Å². The van der Waals surface area contributed by atoms with E-state index < -0.39 is 0 Å². The molecule has 0 spiro atoms. The molecule has 0 amide bonds. The summed E-state index contributed by atoms with van der Waals surface area (Å²) < 4.78 is 12.3. The van der Waals surface area contributed by atoms with Gasteiger partial charge in [-0.25, -0.2) is 0 Å². The van der Waals surface area contributed by atoms with E-state index in [-0.39, 0.29) is 29.2 Å². The van der Waals surface area contributed by atoms with Gasteiger partial charge in [-0.15, -0.1) is 0 Å². The summed E-state index contributed by atoms with van der Waals surface area (Å²) in [5.41, 5.74) is 5.17. The van der Waals surface area contributed by atoms with Crippen LogP contribution in [0.2, 0.25) is 0 Å². The van der Waals surface area contributed by atoms with Crippen molar-refractivity contribution < 1.29 is 14.3 Å². The van der Waals surface area contributed by atoms with E-state index >= 15 is 0 Å². The Labute approximate surface area is 246 Å². The number of fused-ring (bicyclic) bond motifs is 1. The molecule has 1 fully saturated rings. The topological polar surface area (TPSA) is 50.8 Å². The summed E-state index contributed by atoms with van der Waals surface area (Å²) in [5, 5.41) is 3.68. The summed E-state index contributed by atoms with van der Waals surface area (Å²) in [6.45, 7) is 13.1. The fourth-order valence-corrected chi connectivity index (χ4v) is 6.12. The average molecular weight is 555 g/mol. The molecule has 0 radical (unpaired) electrons. The number of rotatable bonds is 14. The molecule has 2 aliphatic carbocycles. The number of carbonyl (C=O) groups excluding carboxylic acids is 1. The second kappa shape index (κ2) is 13.3. The van der Waals surface area contributed by atoms with E-state index in [1.54, 1.807) is 0 Å². The third kappa shape index (κ3) is 7.27. The highest BCUT2D eigenvalue weighted by Crippen LogP contribution is 2.44. The molecule has 0 aliphatic heterocycles. The first-order valence-corrected chi connectivity index (χ1v) is 15.3. The van der Waals surface area contributed by atoms with Gasteiger partial charge in [0, 0.05) is 17.8 Å². The Hall–Kier alpha value is -2.99. The second-order valence-electron chi connectivity index (χ2n) is 12.5. The van der Waals surface area contributed by atoms with Gasteiger partial charge in [-0.3, -0.25) is 9.69 Å². The van der Waals surface area contributed by atoms with Crippen LogP contribution in [0.1, 0.15) is 67.6 Å². The van der Waals surface area contributed by atoms with Crippen LogP contribution in [0, 0.1) is 11.8 Å². The van der Waals surface area contributed by atoms with Crippen LogP contribution in [0.5, 0.6) is 0 Å². The van der Waals surface area contributed by atoms with Crippen LogP contribution in [-0.2, 0) is 28.1 Å².